The van der Waals surface area contributed by atoms with Crippen molar-refractivity contribution in [2.45, 2.75) is 57.8 Å². The van der Waals surface area contributed by atoms with Crippen molar-refractivity contribution >= 4 is 11.6 Å². The van der Waals surface area contributed by atoms with Gasteiger partial charge in [0, 0.05) is 49.3 Å². The predicted octanol–water partition coefficient (Wildman–Crippen LogP) is 3.61. The van der Waals surface area contributed by atoms with Gasteiger partial charge in [0.05, 0.1) is 18.9 Å². The van der Waals surface area contributed by atoms with Gasteiger partial charge in [-0.05, 0) is 44.7 Å². The van der Waals surface area contributed by atoms with E-state index in [0.717, 1.165) is 37.1 Å². The SMILES string of the molecule is C[C@H]1CN(c2ccc(OC(F)F)c(OC3CCCC3)c2)CCN1C(=O)Cc1cnc[nH]1. The molecule has 0 radical (unpaired) electrons. The van der Waals surface area contributed by atoms with E-state index in [-0.39, 0.29) is 23.8 Å². The molecule has 9 heteroatoms. The Kier molecular flexibility index (Phi) is 6.58. The van der Waals surface area contributed by atoms with Crippen LogP contribution in [0.15, 0.2) is 30.7 Å². The minimum atomic E-state index is -2.90. The van der Waals surface area contributed by atoms with Crippen LogP contribution in [0.25, 0.3) is 0 Å². The summed E-state index contributed by atoms with van der Waals surface area (Å²) >= 11 is 0. The Hall–Kier alpha value is -2.84. The fraction of sp³-hybridized carbons (Fsp3) is 0.545. The van der Waals surface area contributed by atoms with E-state index < -0.39 is 6.61 Å². The van der Waals surface area contributed by atoms with Crippen molar-refractivity contribution in [2.75, 3.05) is 24.5 Å². The zero-order chi connectivity index (χ0) is 21.8. The maximum atomic E-state index is 12.8. The van der Waals surface area contributed by atoms with Crippen LogP contribution in [0.1, 0.15) is 38.3 Å². The van der Waals surface area contributed by atoms with Gasteiger partial charge in [-0.1, -0.05) is 0 Å². The molecule has 2 fully saturated rings. The molecule has 2 aliphatic rings. The van der Waals surface area contributed by atoms with Crippen LogP contribution >= 0.6 is 0 Å². The Morgan fingerprint density at radius 1 is 1.26 bits per heavy atom. The van der Waals surface area contributed by atoms with Gasteiger partial charge < -0.3 is 24.3 Å². The van der Waals surface area contributed by atoms with Crippen LogP contribution in [0.5, 0.6) is 11.5 Å². The summed E-state index contributed by atoms with van der Waals surface area (Å²) in [5.74, 6) is 0.476. The first-order chi connectivity index (χ1) is 15.0. The lowest BCUT2D eigenvalue weighted by Crippen LogP contribution is -2.54. The van der Waals surface area contributed by atoms with Gasteiger partial charge >= 0.3 is 6.61 Å². The molecule has 1 aliphatic carbocycles. The zero-order valence-electron chi connectivity index (χ0n) is 17.6. The third kappa shape index (κ3) is 5.26. The smallest absolute Gasteiger partial charge is 0.387 e. The van der Waals surface area contributed by atoms with Crippen molar-refractivity contribution in [1.82, 2.24) is 14.9 Å². The van der Waals surface area contributed by atoms with Crippen LogP contribution in [0.2, 0.25) is 0 Å². The highest BCUT2D eigenvalue weighted by molar-refractivity contribution is 5.79. The summed E-state index contributed by atoms with van der Waals surface area (Å²) in [7, 11) is 0. The Bertz CT molecular complexity index is 872. The van der Waals surface area contributed by atoms with E-state index in [2.05, 4.69) is 19.6 Å². The highest BCUT2D eigenvalue weighted by atomic mass is 19.3. The second-order valence-electron chi connectivity index (χ2n) is 8.17. The summed E-state index contributed by atoms with van der Waals surface area (Å²) in [4.78, 5) is 23.6. The van der Waals surface area contributed by atoms with E-state index in [4.69, 9.17) is 4.74 Å². The molecule has 7 nitrogen and oxygen atoms in total. The standard InChI is InChI=1S/C22H28F2N4O3/c1-15-13-27(8-9-28(15)21(29)10-16-12-25-14-26-16)17-6-7-19(31-22(23)24)20(11-17)30-18-4-2-3-5-18/h6-7,11-12,14-15,18,22H,2-5,8-10,13H2,1H3,(H,25,26)/t15-/m0/s1. The van der Waals surface area contributed by atoms with E-state index in [1.54, 1.807) is 30.7 Å². The maximum Gasteiger partial charge on any atom is 0.387 e. The Labute approximate surface area is 180 Å². The predicted molar refractivity (Wildman–Crippen MR) is 112 cm³/mol. The van der Waals surface area contributed by atoms with Crippen LogP contribution in [0.4, 0.5) is 14.5 Å². The molecule has 0 spiro atoms. The van der Waals surface area contributed by atoms with Crippen LogP contribution < -0.4 is 14.4 Å². The number of carbonyl (C=O) groups is 1. The molecule has 1 atom stereocenters. The zero-order valence-corrected chi connectivity index (χ0v) is 17.6. The first kappa shape index (κ1) is 21.4. The second kappa shape index (κ2) is 9.53. The molecule has 0 bridgehead atoms. The Balaban J connectivity index is 1.44. The van der Waals surface area contributed by atoms with Gasteiger partial charge in [0.1, 0.15) is 0 Å². The largest absolute Gasteiger partial charge is 0.486 e. The second-order valence-corrected chi connectivity index (χ2v) is 8.17. The quantitative estimate of drug-likeness (QED) is 0.721. The first-order valence-corrected chi connectivity index (χ1v) is 10.8. The third-order valence-corrected chi connectivity index (χ3v) is 5.95. The fourth-order valence-electron chi connectivity index (χ4n) is 4.37. The van der Waals surface area contributed by atoms with Gasteiger partial charge in [0.25, 0.3) is 0 Å². The topological polar surface area (TPSA) is 70.7 Å². The third-order valence-electron chi connectivity index (χ3n) is 5.95. The number of alkyl halides is 2. The molecule has 1 aromatic carbocycles. The van der Waals surface area contributed by atoms with E-state index >= 15 is 0 Å². The normalized spacial score (nSPS) is 19.8. The number of nitrogens with one attached hydrogen (secondary N) is 1. The molecule has 1 N–H and O–H groups in total. The number of rotatable bonds is 7. The number of hydrogen-bond donors (Lipinski definition) is 1. The number of ether oxygens (including phenoxy) is 2. The monoisotopic (exact) mass is 434 g/mol. The van der Waals surface area contributed by atoms with Gasteiger partial charge in [-0.15, -0.1) is 0 Å². The number of aromatic nitrogens is 2. The van der Waals surface area contributed by atoms with E-state index in [1.165, 1.54) is 0 Å². The summed E-state index contributed by atoms with van der Waals surface area (Å²) < 4.78 is 36.4. The summed E-state index contributed by atoms with van der Waals surface area (Å²) in [5, 5.41) is 0. The van der Waals surface area contributed by atoms with Crippen LogP contribution in [0, 0.1) is 0 Å². The van der Waals surface area contributed by atoms with Crippen LogP contribution in [0.3, 0.4) is 0 Å². The number of piperazine rings is 1. The number of H-pyrrole nitrogens is 1. The molecule has 4 rings (SSSR count). The van der Waals surface area contributed by atoms with Gasteiger partial charge in [0.2, 0.25) is 5.91 Å². The average Bonchev–Trinajstić information content (AvgIpc) is 3.43. The van der Waals surface area contributed by atoms with Gasteiger partial charge in [-0.25, -0.2) is 4.98 Å². The number of aromatic amines is 1. The molecule has 2 heterocycles. The number of halogens is 2. The molecule has 0 unspecified atom stereocenters. The van der Waals surface area contributed by atoms with E-state index in [1.807, 2.05) is 11.8 Å². The minimum absolute atomic E-state index is 0.0142. The number of amides is 1. The molecule has 2 aromatic rings. The molecule has 1 saturated heterocycles. The average molecular weight is 434 g/mol. The maximum absolute atomic E-state index is 12.8. The Morgan fingerprint density at radius 2 is 2.06 bits per heavy atom. The summed E-state index contributed by atoms with van der Waals surface area (Å²) in [6.07, 6.45) is 7.57. The van der Waals surface area contributed by atoms with Crippen LogP contribution in [-0.4, -0.2) is 59.2 Å². The number of anilines is 1. The summed E-state index contributed by atoms with van der Waals surface area (Å²) in [6.45, 7) is 0.994. The van der Waals surface area contributed by atoms with E-state index in [0.29, 0.717) is 31.8 Å². The minimum Gasteiger partial charge on any atom is -0.486 e. The molecular weight excluding hydrogens is 406 g/mol. The molecule has 1 amide bonds. The first-order valence-electron chi connectivity index (χ1n) is 10.8. The van der Waals surface area contributed by atoms with Crippen molar-refractivity contribution in [3.05, 3.63) is 36.4 Å². The number of carbonyl (C=O) groups excluding carboxylic acids is 1. The molecule has 1 saturated carbocycles. The van der Waals surface area contributed by atoms with Gasteiger partial charge in [-0.3, -0.25) is 4.79 Å². The van der Waals surface area contributed by atoms with Crippen LogP contribution in [-0.2, 0) is 11.2 Å². The number of benzene rings is 1. The Morgan fingerprint density at radius 3 is 2.74 bits per heavy atom. The lowest BCUT2D eigenvalue weighted by molar-refractivity contribution is -0.132. The van der Waals surface area contributed by atoms with Gasteiger partial charge in [0.15, 0.2) is 11.5 Å². The number of hydrogen-bond acceptors (Lipinski definition) is 5. The molecule has 1 aliphatic heterocycles. The molecule has 1 aromatic heterocycles. The van der Waals surface area contributed by atoms with Crippen molar-refractivity contribution in [2.24, 2.45) is 0 Å². The van der Waals surface area contributed by atoms with Crippen molar-refractivity contribution in [3.63, 3.8) is 0 Å². The van der Waals surface area contributed by atoms with Crippen molar-refractivity contribution < 1.29 is 23.0 Å². The fourth-order valence-corrected chi connectivity index (χ4v) is 4.37. The highest BCUT2D eigenvalue weighted by Gasteiger charge is 2.29. The van der Waals surface area contributed by atoms with Gasteiger partial charge in [-0.2, -0.15) is 8.78 Å². The summed E-state index contributed by atoms with van der Waals surface area (Å²) in [6, 6.07) is 5.12. The summed E-state index contributed by atoms with van der Waals surface area (Å²) in [5.41, 5.74) is 1.67. The number of nitrogens with zero attached hydrogens (tertiary/aromatic N) is 3. The molecule has 168 valence electrons. The van der Waals surface area contributed by atoms with E-state index in [9.17, 15) is 13.6 Å². The molecule has 31 heavy (non-hydrogen) atoms. The van der Waals surface area contributed by atoms with Crippen molar-refractivity contribution in [1.29, 1.82) is 0 Å². The lowest BCUT2D eigenvalue weighted by atomic mass is 10.1. The van der Waals surface area contributed by atoms with Crippen molar-refractivity contribution in [3.8, 4) is 11.5 Å². The molecular formula is C22H28F2N4O3. The lowest BCUT2D eigenvalue weighted by Gasteiger charge is -2.41. The number of imidazole rings is 1. The highest BCUT2D eigenvalue weighted by Crippen LogP contribution is 2.36.